The number of benzene rings is 2. The summed E-state index contributed by atoms with van der Waals surface area (Å²) in [5.74, 6) is -0.414. The Labute approximate surface area is 147 Å². The Morgan fingerprint density at radius 1 is 1.24 bits per heavy atom. The van der Waals surface area contributed by atoms with Gasteiger partial charge < -0.3 is 21.1 Å². The standard InChI is InChI=1S/C17H15N3O4S/c18-15(21)9-25-14-4-2-1-3-12(14)20-17(23)10-5-6-11-13(7-10)24-8-16(22)19-11/h1-7H,8-9H2,(H2,18,21)(H,19,22)(H,20,23). The normalized spacial score (nSPS) is 12.6. The summed E-state index contributed by atoms with van der Waals surface area (Å²) < 4.78 is 5.32. The minimum Gasteiger partial charge on any atom is -0.482 e. The number of ether oxygens (including phenoxy) is 1. The molecule has 4 N–H and O–H groups in total. The van der Waals surface area contributed by atoms with E-state index >= 15 is 0 Å². The fourth-order valence-electron chi connectivity index (χ4n) is 2.25. The maximum absolute atomic E-state index is 12.5. The number of nitrogens with two attached hydrogens (primary N) is 1. The molecule has 2 aromatic carbocycles. The van der Waals surface area contributed by atoms with Crippen molar-refractivity contribution in [3.63, 3.8) is 0 Å². The fourth-order valence-corrected chi connectivity index (χ4v) is 3.00. The van der Waals surface area contributed by atoms with Gasteiger partial charge in [0.25, 0.3) is 11.8 Å². The molecule has 0 spiro atoms. The molecule has 0 atom stereocenters. The van der Waals surface area contributed by atoms with E-state index in [0.29, 0.717) is 22.7 Å². The second-order valence-corrected chi connectivity index (χ2v) is 6.27. The summed E-state index contributed by atoms with van der Waals surface area (Å²) in [6.07, 6.45) is 0. The third kappa shape index (κ3) is 4.10. The monoisotopic (exact) mass is 357 g/mol. The highest BCUT2D eigenvalue weighted by Gasteiger charge is 2.18. The number of hydrogen-bond acceptors (Lipinski definition) is 5. The van der Waals surface area contributed by atoms with Crippen LogP contribution in [0.5, 0.6) is 5.75 Å². The molecule has 3 rings (SSSR count). The van der Waals surface area contributed by atoms with Crippen LogP contribution in [0, 0.1) is 0 Å². The molecular formula is C17H15N3O4S. The number of carbonyl (C=O) groups is 3. The van der Waals surface area contributed by atoms with E-state index < -0.39 is 5.91 Å². The van der Waals surface area contributed by atoms with Crippen molar-refractivity contribution in [2.75, 3.05) is 23.0 Å². The number of nitrogens with one attached hydrogen (secondary N) is 2. The number of amides is 3. The van der Waals surface area contributed by atoms with E-state index in [2.05, 4.69) is 10.6 Å². The van der Waals surface area contributed by atoms with Crippen LogP contribution in [0.15, 0.2) is 47.4 Å². The molecule has 0 fully saturated rings. The van der Waals surface area contributed by atoms with E-state index in [1.54, 1.807) is 36.4 Å². The lowest BCUT2D eigenvalue weighted by Gasteiger charge is -2.18. The molecule has 0 radical (unpaired) electrons. The van der Waals surface area contributed by atoms with Crippen molar-refractivity contribution < 1.29 is 19.1 Å². The van der Waals surface area contributed by atoms with Crippen LogP contribution in [0.25, 0.3) is 0 Å². The van der Waals surface area contributed by atoms with Gasteiger partial charge in [-0.25, -0.2) is 0 Å². The smallest absolute Gasteiger partial charge is 0.262 e. The van der Waals surface area contributed by atoms with Crippen LogP contribution in [0.1, 0.15) is 10.4 Å². The molecule has 25 heavy (non-hydrogen) atoms. The van der Waals surface area contributed by atoms with Gasteiger partial charge in [-0.1, -0.05) is 12.1 Å². The molecule has 3 amide bonds. The van der Waals surface area contributed by atoms with Crippen molar-refractivity contribution in [2.45, 2.75) is 4.90 Å². The third-order valence-electron chi connectivity index (χ3n) is 3.38. The van der Waals surface area contributed by atoms with Crippen molar-refractivity contribution in [3.05, 3.63) is 48.0 Å². The van der Waals surface area contributed by atoms with Crippen LogP contribution in [0.2, 0.25) is 0 Å². The van der Waals surface area contributed by atoms with E-state index in [0.717, 1.165) is 4.90 Å². The van der Waals surface area contributed by atoms with Crippen molar-refractivity contribution in [2.24, 2.45) is 5.73 Å². The number of para-hydroxylation sites is 1. The van der Waals surface area contributed by atoms with Gasteiger partial charge >= 0.3 is 0 Å². The molecule has 0 aliphatic carbocycles. The van der Waals surface area contributed by atoms with Crippen LogP contribution in [-0.4, -0.2) is 30.1 Å². The van der Waals surface area contributed by atoms with Gasteiger partial charge in [0.2, 0.25) is 5.91 Å². The minimum absolute atomic E-state index is 0.0787. The Morgan fingerprint density at radius 2 is 2.04 bits per heavy atom. The summed E-state index contributed by atoms with van der Waals surface area (Å²) in [7, 11) is 0. The minimum atomic E-state index is -0.431. The maximum atomic E-state index is 12.5. The second-order valence-electron chi connectivity index (χ2n) is 5.25. The highest BCUT2D eigenvalue weighted by molar-refractivity contribution is 8.00. The van der Waals surface area contributed by atoms with Crippen molar-refractivity contribution in [3.8, 4) is 5.75 Å². The van der Waals surface area contributed by atoms with Gasteiger partial charge in [0.1, 0.15) is 5.75 Å². The highest BCUT2D eigenvalue weighted by atomic mass is 32.2. The van der Waals surface area contributed by atoms with Gasteiger partial charge in [-0.15, -0.1) is 11.8 Å². The molecule has 1 aliphatic heterocycles. The Morgan fingerprint density at radius 3 is 2.84 bits per heavy atom. The summed E-state index contributed by atoms with van der Waals surface area (Å²) in [5.41, 5.74) is 6.68. The zero-order valence-corrected chi connectivity index (χ0v) is 13.9. The summed E-state index contributed by atoms with van der Waals surface area (Å²) in [6.45, 7) is -0.0787. The summed E-state index contributed by atoms with van der Waals surface area (Å²) >= 11 is 1.25. The molecule has 1 aliphatic rings. The third-order valence-corrected chi connectivity index (χ3v) is 4.48. The summed E-state index contributed by atoms with van der Waals surface area (Å²) in [5, 5.41) is 5.48. The van der Waals surface area contributed by atoms with Gasteiger partial charge in [0.15, 0.2) is 6.61 Å². The van der Waals surface area contributed by atoms with E-state index in [1.165, 1.54) is 11.8 Å². The number of hydrogen-bond donors (Lipinski definition) is 3. The first-order valence-corrected chi connectivity index (χ1v) is 8.39. The van der Waals surface area contributed by atoms with E-state index in [1.807, 2.05) is 6.07 Å². The van der Waals surface area contributed by atoms with Crippen LogP contribution >= 0.6 is 11.8 Å². The lowest BCUT2D eigenvalue weighted by Crippen LogP contribution is -2.25. The Kier molecular flexibility index (Phi) is 4.90. The molecule has 128 valence electrons. The first-order chi connectivity index (χ1) is 12.0. The van der Waals surface area contributed by atoms with Gasteiger partial charge in [-0.2, -0.15) is 0 Å². The summed E-state index contributed by atoms with van der Waals surface area (Å²) in [4.78, 5) is 35.5. The van der Waals surface area contributed by atoms with Crippen LogP contribution in [0.4, 0.5) is 11.4 Å². The molecule has 8 heteroatoms. The first-order valence-electron chi connectivity index (χ1n) is 7.41. The molecule has 0 aromatic heterocycles. The average molecular weight is 357 g/mol. The number of primary amides is 1. The van der Waals surface area contributed by atoms with Crippen LogP contribution < -0.4 is 21.1 Å². The predicted octanol–water partition coefficient (Wildman–Crippen LogP) is 1.85. The molecule has 0 saturated heterocycles. The fraction of sp³-hybridized carbons (Fsp3) is 0.118. The number of carbonyl (C=O) groups excluding carboxylic acids is 3. The lowest BCUT2D eigenvalue weighted by atomic mass is 10.1. The van der Waals surface area contributed by atoms with Gasteiger partial charge in [0, 0.05) is 10.5 Å². The van der Waals surface area contributed by atoms with Crippen LogP contribution in [0.3, 0.4) is 0 Å². The maximum Gasteiger partial charge on any atom is 0.262 e. The highest BCUT2D eigenvalue weighted by Crippen LogP contribution is 2.30. The van der Waals surface area contributed by atoms with Gasteiger partial charge in [-0.05, 0) is 30.3 Å². The molecule has 1 heterocycles. The Hall–Kier alpha value is -3.00. The largest absolute Gasteiger partial charge is 0.482 e. The zero-order chi connectivity index (χ0) is 17.8. The average Bonchev–Trinajstić information content (AvgIpc) is 2.60. The Bertz CT molecular complexity index is 854. The quantitative estimate of drug-likeness (QED) is 0.707. The predicted molar refractivity (Wildman–Crippen MR) is 94.9 cm³/mol. The first kappa shape index (κ1) is 16.8. The molecule has 0 saturated carbocycles. The molecule has 7 nitrogen and oxygen atoms in total. The number of thioether (sulfide) groups is 1. The lowest BCUT2D eigenvalue weighted by molar-refractivity contribution is -0.118. The van der Waals surface area contributed by atoms with Crippen LogP contribution in [-0.2, 0) is 9.59 Å². The van der Waals surface area contributed by atoms with Crippen molar-refractivity contribution >= 4 is 40.9 Å². The van der Waals surface area contributed by atoms with E-state index in [-0.39, 0.29) is 24.2 Å². The van der Waals surface area contributed by atoms with Gasteiger partial charge in [0.05, 0.1) is 17.1 Å². The van der Waals surface area contributed by atoms with E-state index in [9.17, 15) is 14.4 Å². The topological polar surface area (TPSA) is 111 Å². The molecule has 0 bridgehead atoms. The van der Waals surface area contributed by atoms with E-state index in [4.69, 9.17) is 10.5 Å². The zero-order valence-electron chi connectivity index (χ0n) is 13.1. The second kappa shape index (κ2) is 7.27. The summed E-state index contributed by atoms with van der Waals surface area (Å²) in [6, 6.07) is 11.9. The molecule has 0 unspecified atom stereocenters. The number of rotatable bonds is 5. The number of anilines is 2. The SMILES string of the molecule is NC(=O)CSc1ccccc1NC(=O)c1ccc2c(c1)OCC(=O)N2. The molecule has 2 aromatic rings. The Balaban J connectivity index is 1.77. The molecular weight excluding hydrogens is 342 g/mol. The van der Waals surface area contributed by atoms with Gasteiger partial charge in [-0.3, -0.25) is 14.4 Å². The number of fused-ring (bicyclic) bond motifs is 1. The van der Waals surface area contributed by atoms with Crippen molar-refractivity contribution in [1.29, 1.82) is 0 Å². The van der Waals surface area contributed by atoms with Crippen molar-refractivity contribution in [1.82, 2.24) is 0 Å².